The molecule has 0 aliphatic rings. The van der Waals surface area contributed by atoms with Gasteiger partial charge >= 0.3 is 0 Å². The summed E-state index contributed by atoms with van der Waals surface area (Å²) in [4.78, 5) is 26.1. The van der Waals surface area contributed by atoms with Crippen LogP contribution in [0.15, 0.2) is 53.3 Å². The number of aromatic amines is 1. The van der Waals surface area contributed by atoms with Crippen molar-refractivity contribution in [3.8, 4) is 0 Å². The zero-order chi connectivity index (χ0) is 15.7. The van der Waals surface area contributed by atoms with Crippen molar-refractivity contribution in [1.29, 1.82) is 0 Å². The predicted octanol–water partition coefficient (Wildman–Crippen LogP) is 3.02. The normalized spacial score (nSPS) is 10.7. The number of H-pyrrole nitrogens is 1. The van der Waals surface area contributed by atoms with Crippen LogP contribution in [0.3, 0.4) is 0 Å². The van der Waals surface area contributed by atoms with Gasteiger partial charge in [0.05, 0.1) is 17.0 Å². The summed E-state index contributed by atoms with van der Waals surface area (Å²) < 4.78 is 1.57. The number of nitro groups is 1. The summed E-state index contributed by atoms with van der Waals surface area (Å²) >= 11 is 5.21. The van der Waals surface area contributed by atoms with Gasteiger partial charge in [-0.3, -0.25) is 19.5 Å². The highest BCUT2D eigenvalue weighted by atomic mass is 32.1. The molecule has 0 aliphatic carbocycles. The van der Waals surface area contributed by atoms with Gasteiger partial charge in [-0.2, -0.15) is 0 Å². The number of hydrogen-bond donors (Lipinski definition) is 1. The monoisotopic (exact) mass is 313 g/mol. The first-order valence-electron chi connectivity index (χ1n) is 6.52. The molecule has 0 saturated heterocycles. The molecule has 7 heteroatoms. The van der Waals surface area contributed by atoms with Gasteiger partial charge in [0.1, 0.15) is 5.39 Å². The second-order valence-electron chi connectivity index (χ2n) is 4.76. The summed E-state index contributed by atoms with van der Waals surface area (Å²) in [5.41, 5.74) is 0.570. The fourth-order valence-corrected chi connectivity index (χ4v) is 2.60. The molecule has 0 unspecified atom stereocenters. The fourth-order valence-electron chi connectivity index (χ4n) is 2.34. The number of fused-ring (bicyclic) bond motifs is 1. The maximum Gasteiger partial charge on any atom is 0.284 e. The first kappa shape index (κ1) is 14.2. The zero-order valence-electron chi connectivity index (χ0n) is 11.4. The largest absolute Gasteiger partial charge is 0.331 e. The lowest BCUT2D eigenvalue weighted by atomic mass is 10.2. The van der Waals surface area contributed by atoms with Crippen molar-refractivity contribution < 1.29 is 4.92 Å². The van der Waals surface area contributed by atoms with Crippen LogP contribution in [0, 0.1) is 14.9 Å². The van der Waals surface area contributed by atoms with Gasteiger partial charge in [-0.1, -0.05) is 36.4 Å². The zero-order valence-corrected chi connectivity index (χ0v) is 12.2. The standard InChI is InChI=1S/C15H11N3O3S/c19-14-13-11(7-4-8-12(13)18(20)21)16-15(22)17(14)9-10-5-2-1-3-6-10/h1-8H,9H2,(H,16,22). The van der Waals surface area contributed by atoms with Gasteiger partial charge in [0.15, 0.2) is 4.77 Å². The molecule has 3 aromatic rings. The molecule has 0 atom stereocenters. The maximum atomic E-state index is 12.7. The fraction of sp³-hybridized carbons (Fsp3) is 0.0667. The lowest BCUT2D eigenvalue weighted by molar-refractivity contribution is -0.383. The van der Waals surface area contributed by atoms with Crippen molar-refractivity contribution >= 4 is 28.8 Å². The summed E-state index contributed by atoms with van der Waals surface area (Å²) in [6, 6.07) is 13.8. The molecule has 22 heavy (non-hydrogen) atoms. The summed E-state index contributed by atoms with van der Waals surface area (Å²) in [6.45, 7) is 0.261. The van der Waals surface area contributed by atoms with Crippen molar-refractivity contribution in [3.63, 3.8) is 0 Å². The van der Waals surface area contributed by atoms with E-state index in [4.69, 9.17) is 12.2 Å². The highest BCUT2D eigenvalue weighted by Crippen LogP contribution is 2.20. The minimum atomic E-state index is -0.562. The molecule has 1 N–H and O–H groups in total. The van der Waals surface area contributed by atoms with E-state index in [0.29, 0.717) is 5.52 Å². The van der Waals surface area contributed by atoms with Crippen LogP contribution in [-0.4, -0.2) is 14.5 Å². The molecule has 0 amide bonds. The third kappa shape index (κ3) is 2.42. The van der Waals surface area contributed by atoms with E-state index >= 15 is 0 Å². The van der Waals surface area contributed by atoms with E-state index in [-0.39, 0.29) is 22.4 Å². The lowest BCUT2D eigenvalue weighted by Gasteiger charge is -2.08. The summed E-state index contributed by atoms with van der Waals surface area (Å²) in [6.07, 6.45) is 0. The number of hydrogen-bond acceptors (Lipinski definition) is 4. The molecular formula is C15H11N3O3S. The number of aromatic nitrogens is 2. The van der Waals surface area contributed by atoms with Crippen molar-refractivity contribution in [3.05, 3.63) is 79.3 Å². The number of nitro benzene ring substituents is 1. The molecule has 0 bridgehead atoms. The van der Waals surface area contributed by atoms with Crippen molar-refractivity contribution in [2.45, 2.75) is 6.54 Å². The van der Waals surface area contributed by atoms with Crippen LogP contribution in [0.25, 0.3) is 10.9 Å². The Morgan fingerprint density at radius 2 is 1.86 bits per heavy atom. The van der Waals surface area contributed by atoms with Gasteiger partial charge in [0, 0.05) is 6.07 Å². The Labute approximate surface area is 129 Å². The number of nitrogens with one attached hydrogen (secondary N) is 1. The Balaban J connectivity index is 2.28. The van der Waals surface area contributed by atoms with E-state index in [9.17, 15) is 14.9 Å². The van der Waals surface area contributed by atoms with Crippen LogP contribution < -0.4 is 5.56 Å². The number of benzene rings is 2. The molecule has 2 aromatic carbocycles. The van der Waals surface area contributed by atoms with Gasteiger partial charge in [0.2, 0.25) is 0 Å². The first-order valence-corrected chi connectivity index (χ1v) is 6.93. The number of rotatable bonds is 3. The summed E-state index contributed by atoms with van der Waals surface area (Å²) in [7, 11) is 0. The summed E-state index contributed by atoms with van der Waals surface area (Å²) in [5, 5.41) is 11.2. The molecular weight excluding hydrogens is 302 g/mol. The molecule has 0 fully saturated rings. The molecule has 3 rings (SSSR count). The Kier molecular flexibility index (Phi) is 3.56. The molecule has 110 valence electrons. The molecule has 0 radical (unpaired) electrons. The third-order valence-corrected chi connectivity index (χ3v) is 3.69. The molecule has 0 saturated carbocycles. The Morgan fingerprint density at radius 3 is 2.55 bits per heavy atom. The highest BCUT2D eigenvalue weighted by molar-refractivity contribution is 7.71. The van der Waals surface area contributed by atoms with Crippen molar-refractivity contribution in [2.24, 2.45) is 0 Å². The first-order chi connectivity index (χ1) is 10.6. The smallest absolute Gasteiger partial charge is 0.284 e. The minimum absolute atomic E-state index is 0.0389. The minimum Gasteiger partial charge on any atom is -0.331 e. The second-order valence-corrected chi connectivity index (χ2v) is 5.15. The molecule has 1 aromatic heterocycles. The number of nitrogens with zero attached hydrogens (tertiary/aromatic N) is 2. The van der Waals surface area contributed by atoms with Crippen LogP contribution in [-0.2, 0) is 6.54 Å². The van der Waals surface area contributed by atoms with E-state index < -0.39 is 10.5 Å². The van der Waals surface area contributed by atoms with Crippen molar-refractivity contribution in [1.82, 2.24) is 9.55 Å². The van der Waals surface area contributed by atoms with Crippen LogP contribution in [0.2, 0.25) is 0 Å². The molecule has 0 aliphatic heterocycles. The Morgan fingerprint density at radius 1 is 1.14 bits per heavy atom. The maximum absolute atomic E-state index is 12.7. The van der Waals surface area contributed by atoms with E-state index in [0.717, 1.165) is 5.56 Å². The quantitative estimate of drug-likeness (QED) is 0.458. The third-order valence-electron chi connectivity index (χ3n) is 3.37. The Bertz CT molecular complexity index is 977. The van der Waals surface area contributed by atoms with Crippen molar-refractivity contribution in [2.75, 3.05) is 0 Å². The van der Waals surface area contributed by atoms with E-state index in [1.54, 1.807) is 6.07 Å². The summed E-state index contributed by atoms with van der Waals surface area (Å²) in [5.74, 6) is 0. The average Bonchev–Trinajstić information content (AvgIpc) is 2.51. The second kappa shape index (κ2) is 5.53. The van der Waals surface area contributed by atoms with E-state index in [1.165, 1.54) is 16.7 Å². The molecule has 0 spiro atoms. The predicted molar refractivity (Wildman–Crippen MR) is 85.6 cm³/mol. The van der Waals surface area contributed by atoms with Gasteiger partial charge in [-0.25, -0.2) is 0 Å². The van der Waals surface area contributed by atoms with E-state index in [2.05, 4.69) is 4.98 Å². The van der Waals surface area contributed by atoms with Gasteiger partial charge < -0.3 is 4.98 Å². The number of non-ortho nitro benzene ring substituents is 1. The van der Waals surface area contributed by atoms with Gasteiger partial charge in [0.25, 0.3) is 11.2 Å². The molecule has 6 nitrogen and oxygen atoms in total. The van der Waals surface area contributed by atoms with E-state index in [1.807, 2.05) is 30.3 Å². The SMILES string of the molecule is O=c1c2c([N+](=O)[O-])cccc2[nH]c(=S)n1Cc1ccccc1. The van der Waals surface area contributed by atoms with Crippen LogP contribution in [0.5, 0.6) is 0 Å². The van der Waals surface area contributed by atoms with Crippen LogP contribution in [0.4, 0.5) is 5.69 Å². The van der Waals surface area contributed by atoms with Gasteiger partial charge in [-0.15, -0.1) is 0 Å². The molecule has 1 heterocycles. The topological polar surface area (TPSA) is 80.9 Å². The lowest BCUT2D eigenvalue weighted by Crippen LogP contribution is -2.23. The Hall–Kier alpha value is -2.80. The van der Waals surface area contributed by atoms with Crippen LogP contribution >= 0.6 is 12.2 Å². The van der Waals surface area contributed by atoms with Gasteiger partial charge in [-0.05, 0) is 23.8 Å². The average molecular weight is 313 g/mol. The highest BCUT2D eigenvalue weighted by Gasteiger charge is 2.17. The van der Waals surface area contributed by atoms with Crippen LogP contribution in [0.1, 0.15) is 5.56 Å².